The molecule has 0 aromatic rings. The van der Waals surface area contributed by atoms with Crippen LogP contribution in [0.15, 0.2) is 0 Å². The molecule has 0 aliphatic rings. The summed E-state index contributed by atoms with van der Waals surface area (Å²) in [5, 5.41) is 16.1. The Balaban J connectivity index is 4.94. The number of hydrogen-bond acceptors (Lipinski definition) is 5. The molecule has 0 heterocycles. The average molecular weight is 505 g/mol. The van der Waals surface area contributed by atoms with E-state index in [4.69, 9.17) is 0 Å². The van der Waals surface area contributed by atoms with Gasteiger partial charge in [-0.05, 0) is 41.3 Å². The molecule has 0 aromatic heterocycles. The van der Waals surface area contributed by atoms with Crippen LogP contribution in [0.25, 0.3) is 0 Å². The maximum absolute atomic E-state index is 13.3. The maximum atomic E-state index is 13.3. The second-order valence-corrected chi connectivity index (χ2v) is 12.9. The number of carboxylic acids is 1. The third-order valence-corrected chi connectivity index (χ3v) is 7.70. The van der Waals surface area contributed by atoms with Crippen LogP contribution in [-0.2, 0) is 14.4 Å². The number of carbonyl (C=O) groups is 3. The minimum atomic E-state index is -0.967. The molecule has 0 fully saturated rings. The van der Waals surface area contributed by atoms with Crippen LogP contribution >= 0.6 is 25.3 Å². The summed E-state index contributed by atoms with van der Waals surface area (Å²) in [7, 11) is 0. The van der Waals surface area contributed by atoms with Crippen LogP contribution in [0.5, 0.6) is 0 Å². The number of rotatable bonds is 14. The third-order valence-electron chi connectivity index (χ3n) is 6.93. The van der Waals surface area contributed by atoms with E-state index in [2.05, 4.69) is 35.9 Å². The average Bonchev–Trinajstić information content (AvgIpc) is 2.64. The van der Waals surface area contributed by atoms with Gasteiger partial charge in [0, 0.05) is 24.8 Å². The van der Waals surface area contributed by atoms with Crippen LogP contribution in [0.4, 0.5) is 0 Å². The molecule has 3 unspecified atom stereocenters. The second kappa shape index (κ2) is 13.9. The molecule has 33 heavy (non-hydrogen) atoms. The molecule has 6 nitrogen and oxygen atoms in total. The molecule has 0 bridgehead atoms. The van der Waals surface area contributed by atoms with E-state index >= 15 is 0 Å². The van der Waals surface area contributed by atoms with Gasteiger partial charge in [0.05, 0.1) is 11.8 Å². The molecule has 0 radical (unpaired) electrons. The van der Waals surface area contributed by atoms with Crippen molar-refractivity contribution in [3.05, 3.63) is 0 Å². The summed E-state index contributed by atoms with van der Waals surface area (Å²) < 4.78 is 0. The summed E-state index contributed by atoms with van der Waals surface area (Å²) in [5.41, 5.74) is -1.46. The first kappa shape index (κ1) is 32.1. The zero-order valence-corrected chi connectivity index (χ0v) is 23.7. The van der Waals surface area contributed by atoms with E-state index in [1.807, 2.05) is 55.4 Å². The molecule has 0 saturated carbocycles. The van der Waals surface area contributed by atoms with Crippen LogP contribution in [0.3, 0.4) is 0 Å². The molecule has 0 aliphatic heterocycles. The highest BCUT2D eigenvalue weighted by atomic mass is 32.1. The quantitative estimate of drug-likeness (QED) is 0.173. The summed E-state index contributed by atoms with van der Waals surface area (Å²) in [6.07, 6.45) is 4.12. The van der Waals surface area contributed by atoms with Crippen molar-refractivity contribution in [2.75, 3.05) is 18.8 Å². The fourth-order valence-electron chi connectivity index (χ4n) is 3.92. The molecule has 0 aromatic carbocycles. The van der Waals surface area contributed by atoms with Gasteiger partial charge in [0.25, 0.3) is 0 Å². The lowest BCUT2D eigenvalue weighted by Gasteiger charge is -2.48. The van der Waals surface area contributed by atoms with Gasteiger partial charge in [0.15, 0.2) is 0 Å². The van der Waals surface area contributed by atoms with Gasteiger partial charge in [0.2, 0.25) is 11.8 Å². The first-order valence-electron chi connectivity index (χ1n) is 12.0. The lowest BCUT2D eigenvalue weighted by atomic mass is 9.55. The standard InChI is InChI=1S/C25H48N2O4S2/c1-23(2,3)20(22(30)31)19(25(7,8)24(4,5)6)21(29)27-15-14-26-18(28)12-10-9-11-17(33)13-16-32/h17,19-20,32-33H,9-16H2,1-8H3,(H,26,28)(H,27,29)(H,30,31). The van der Waals surface area contributed by atoms with Crippen LogP contribution < -0.4 is 10.6 Å². The van der Waals surface area contributed by atoms with E-state index in [-0.39, 0.29) is 23.8 Å². The summed E-state index contributed by atoms with van der Waals surface area (Å²) in [6, 6.07) is 0. The van der Waals surface area contributed by atoms with Crippen molar-refractivity contribution in [1.82, 2.24) is 10.6 Å². The number of aliphatic carboxylic acids is 1. The number of carboxylic acid groups (broad SMARTS) is 1. The van der Waals surface area contributed by atoms with Gasteiger partial charge in [-0.1, -0.05) is 61.8 Å². The highest BCUT2D eigenvalue weighted by molar-refractivity contribution is 7.81. The normalized spacial score (nSPS) is 15.5. The Morgan fingerprint density at radius 3 is 1.85 bits per heavy atom. The monoisotopic (exact) mass is 504 g/mol. The first-order valence-corrected chi connectivity index (χ1v) is 13.2. The van der Waals surface area contributed by atoms with Gasteiger partial charge in [-0.15, -0.1) is 0 Å². The third kappa shape index (κ3) is 10.9. The first-order chi connectivity index (χ1) is 15.0. The fourth-order valence-corrected chi connectivity index (χ4v) is 4.75. The van der Waals surface area contributed by atoms with E-state index in [1.54, 1.807) is 0 Å². The number of unbranched alkanes of at least 4 members (excludes halogenated alkanes) is 1. The Labute approximate surface area is 212 Å². The van der Waals surface area contributed by atoms with Crippen LogP contribution in [-0.4, -0.2) is 47.0 Å². The number of amides is 2. The zero-order chi connectivity index (χ0) is 26.0. The molecule has 8 heteroatoms. The minimum Gasteiger partial charge on any atom is -0.481 e. The Bertz CT molecular complexity index is 639. The van der Waals surface area contributed by atoms with Crippen molar-refractivity contribution < 1.29 is 19.5 Å². The Kier molecular flexibility index (Phi) is 13.5. The molecular formula is C25H48N2O4S2. The van der Waals surface area contributed by atoms with Crippen molar-refractivity contribution in [3.63, 3.8) is 0 Å². The van der Waals surface area contributed by atoms with Crippen molar-refractivity contribution >= 4 is 43.0 Å². The van der Waals surface area contributed by atoms with Crippen molar-refractivity contribution in [2.24, 2.45) is 28.1 Å². The smallest absolute Gasteiger partial charge is 0.307 e. The van der Waals surface area contributed by atoms with E-state index in [0.29, 0.717) is 18.2 Å². The van der Waals surface area contributed by atoms with E-state index in [1.165, 1.54) is 0 Å². The molecule has 3 N–H and O–H groups in total. The molecule has 0 spiro atoms. The predicted molar refractivity (Wildman–Crippen MR) is 143 cm³/mol. The number of nitrogens with one attached hydrogen (secondary N) is 2. The van der Waals surface area contributed by atoms with Crippen molar-refractivity contribution in [3.8, 4) is 0 Å². The van der Waals surface area contributed by atoms with Crippen LogP contribution in [0, 0.1) is 28.1 Å². The van der Waals surface area contributed by atoms with E-state index < -0.39 is 28.6 Å². The molecule has 0 rings (SSSR count). The highest BCUT2D eigenvalue weighted by Crippen LogP contribution is 2.50. The Hall–Kier alpha value is -0.890. The Morgan fingerprint density at radius 1 is 0.848 bits per heavy atom. The Morgan fingerprint density at radius 2 is 1.39 bits per heavy atom. The summed E-state index contributed by atoms with van der Waals surface area (Å²) in [4.78, 5) is 37.6. The fraction of sp³-hybridized carbons (Fsp3) is 0.880. The SMILES string of the molecule is CC(C)(C)C(C(=O)O)C(C(=O)NCCNC(=O)CCCCC(S)CCS)C(C)(C)C(C)(C)C. The predicted octanol–water partition coefficient (Wildman–Crippen LogP) is 4.83. The summed E-state index contributed by atoms with van der Waals surface area (Å²) in [5.74, 6) is -2.05. The van der Waals surface area contributed by atoms with Gasteiger partial charge in [-0.2, -0.15) is 25.3 Å². The molecular weight excluding hydrogens is 456 g/mol. The van der Waals surface area contributed by atoms with Gasteiger partial charge in [0.1, 0.15) is 0 Å². The van der Waals surface area contributed by atoms with Crippen molar-refractivity contribution in [2.45, 2.75) is 92.7 Å². The lowest BCUT2D eigenvalue weighted by Crippen LogP contribution is -2.54. The number of carbonyl (C=O) groups excluding carboxylic acids is 2. The summed E-state index contributed by atoms with van der Waals surface area (Å²) in [6.45, 7) is 16.2. The molecule has 0 aliphatic carbocycles. The van der Waals surface area contributed by atoms with E-state index in [0.717, 1.165) is 31.4 Å². The molecule has 0 saturated heterocycles. The largest absolute Gasteiger partial charge is 0.481 e. The number of thiol groups is 2. The van der Waals surface area contributed by atoms with E-state index in [9.17, 15) is 19.5 Å². The molecule has 194 valence electrons. The van der Waals surface area contributed by atoms with Gasteiger partial charge >= 0.3 is 5.97 Å². The van der Waals surface area contributed by atoms with Crippen LogP contribution in [0.2, 0.25) is 0 Å². The van der Waals surface area contributed by atoms with Crippen LogP contribution in [0.1, 0.15) is 87.5 Å². The van der Waals surface area contributed by atoms with Gasteiger partial charge < -0.3 is 15.7 Å². The topological polar surface area (TPSA) is 95.5 Å². The van der Waals surface area contributed by atoms with Gasteiger partial charge in [-0.3, -0.25) is 14.4 Å². The summed E-state index contributed by atoms with van der Waals surface area (Å²) >= 11 is 8.70. The second-order valence-electron chi connectivity index (χ2n) is 11.7. The highest BCUT2D eigenvalue weighted by Gasteiger charge is 2.53. The van der Waals surface area contributed by atoms with Crippen molar-refractivity contribution in [1.29, 1.82) is 0 Å². The van der Waals surface area contributed by atoms with Gasteiger partial charge in [-0.25, -0.2) is 0 Å². The molecule has 3 atom stereocenters. The zero-order valence-electron chi connectivity index (χ0n) is 22.0. The lowest BCUT2D eigenvalue weighted by molar-refractivity contribution is -0.160. The molecule has 2 amide bonds. The number of hydrogen-bond donors (Lipinski definition) is 5. The minimum absolute atomic E-state index is 0.0427. The maximum Gasteiger partial charge on any atom is 0.307 e.